The highest BCUT2D eigenvalue weighted by atomic mass is 16.5. The van der Waals surface area contributed by atoms with Gasteiger partial charge >= 0.3 is 0 Å². The van der Waals surface area contributed by atoms with E-state index in [0.717, 1.165) is 11.1 Å². The minimum atomic E-state index is -1.07. The first-order valence-electron chi connectivity index (χ1n) is 11.4. The fourth-order valence-electron chi connectivity index (χ4n) is 3.34. The maximum absolute atomic E-state index is 13.2. The number of rotatable bonds is 13. The number of aliphatic hydroxyl groups excluding tert-OH is 2. The topological polar surface area (TPSA) is 85.2 Å². The third kappa shape index (κ3) is 7.61. The van der Waals surface area contributed by atoms with E-state index in [-0.39, 0.29) is 30.7 Å². The summed E-state index contributed by atoms with van der Waals surface area (Å²) in [7, 11) is 0. The molecule has 0 heterocycles. The van der Waals surface area contributed by atoms with Crippen LogP contribution in [0.5, 0.6) is 17.2 Å². The van der Waals surface area contributed by atoms with Crippen molar-refractivity contribution in [2.75, 3.05) is 13.2 Å². The lowest BCUT2D eigenvalue weighted by atomic mass is 9.99. The Morgan fingerprint density at radius 2 is 1.35 bits per heavy atom. The van der Waals surface area contributed by atoms with Crippen LogP contribution in [0, 0.1) is 5.92 Å². The van der Waals surface area contributed by atoms with Crippen molar-refractivity contribution in [2.24, 2.45) is 5.92 Å². The second kappa shape index (κ2) is 12.8. The summed E-state index contributed by atoms with van der Waals surface area (Å²) in [5.41, 5.74) is 2.26. The lowest BCUT2D eigenvalue weighted by Gasteiger charge is -2.19. The van der Waals surface area contributed by atoms with E-state index in [1.807, 2.05) is 74.5 Å². The van der Waals surface area contributed by atoms with E-state index in [0.29, 0.717) is 30.1 Å². The van der Waals surface area contributed by atoms with Gasteiger partial charge in [-0.25, -0.2) is 0 Å². The summed E-state index contributed by atoms with van der Waals surface area (Å²) in [6.45, 7) is 3.92. The third-order valence-corrected chi connectivity index (χ3v) is 5.04. The Bertz CT molecular complexity index is 1030. The summed E-state index contributed by atoms with van der Waals surface area (Å²) >= 11 is 0. The molecule has 0 spiro atoms. The van der Waals surface area contributed by atoms with Gasteiger partial charge in [-0.05, 0) is 17.0 Å². The van der Waals surface area contributed by atoms with E-state index < -0.39 is 12.7 Å². The monoisotopic (exact) mass is 464 g/mol. The molecule has 3 rings (SSSR count). The molecule has 0 aliphatic carbocycles. The normalized spacial score (nSPS) is 11.8. The van der Waals surface area contributed by atoms with Crippen molar-refractivity contribution in [1.82, 2.24) is 0 Å². The molecule has 0 saturated heterocycles. The maximum Gasteiger partial charge on any atom is 0.170 e. The highest BCUT2D eigenvalue weighted by Gasteiger charge is 2.23. The van der Waals surface area contributed by atoms with Crippen LogP contribution in [0.15, 0.2) is 72.8 Å². The molecule has 0 amide bonds. The summed E-state index contributed by atoms with van der Waals surface area (Å²) in [6, 6.07) is 22.7. The Morgan fingerprint density at radius 3 is 1.88 bits per heavy atom. The Labute approximate surface area is 200 Å². The van der Waals surface area contributed by atoms with Gasteiger partial charge in [-0.2, -0.15) is 0 Å². The zero-order chi connectivity index (χ0) is 24.3. The lowest BCUT2D eigenvalue weighted by molar-refractivity contribution is 0.0528. The number of benzene rings is 3. The minimum absolute atomic E-state index is 0.124. The van der Waals surface area contributed by atoms with Crippen molar-refractivity contribution in [3.63, 3.8) is 0 Å². The average Bonchev–Trinajstić information content (AvgIpc) is 2.85. The van der Waals surface area contributed by atoms with Crippen LogP contribution in [-0.4, -0.2) is 35.3 Å². The Hall–Kier alpha value is -3.35. The molecule has 0 aromatic heterocycles. The highest BCUT2D eigenvalue weighted by Crippen LogP contribution is 2.37. The molecule has 180 valence electrons. The molecule has 3 aromatic rings. The fourth-order valence-corrected chi connectivity index (χ4v) is 3.34. The van der Waals surface area contributed by atoms with Gasteiger partial charge in [0.15, 0.2) is 5.78 Å². The van der Waals surface area contributed by atoms with Gasteiger partial charge in [0.2, 0.25) is 0 Å². The van der Waals surface area contributed by atoms with Crippen LogP contribution in [-0.2, 0) is 13.2 Å². The van der Waals surface area contributed by atoms with Gasteiger partial charge in [0.1, 0.15) is 48.7 Å². The number of ketones is 1. The van der Waals surface area contributed by atoms with Gasteiger partial charge in [0, 0.05) is 18.6 Å². The van der Waals surface area contributed by atoms with Gasteiger partial charge in [-0.15, -0.1) is 0 Å². The van der Waals surface area contributed by atoms with Crippen molar-refractivity contribution in [3.05, 3.63) is 89.5 Å². The molecule has 0 bridgehead atoms. The van der Waals surface area contributed by atoms with Gasteiger partial charge in [-0.3, -0.25) is 4.79 Å². The first-order valence-corrected chi connectivity index (χ1v) is 11.4. The standard InChI is InChI=1S/C28H32O6/c1-20(2)13-25(31)28-26(33-18-22-11-7-4-8-12-22)14-24(15-27(28)34-19-23(30)16-29)32-17-21-9-5-3-6-10-21/h3-12,14-15,20,23,29-30H,13,16-19H2,1-2H3/t23-/m0/s1. The molecule has 0 unspecified atom stereocenters. The van der Waals surface area contributed by atoms with E-state index in [2.05, 4.69) is 0 Å². The number of hydrogen-bond donors (Lipinski definition) is 2. The number of aliphatic hydroxyl groups is 2. The van der Waals surface area contributed by atoms with Crippen molar-refractivity contribution in [3.8, 4) is 17.2 Å². The van der Waals surface area contributed by atoms with Crippen LogP contribution in [0.2, 0.25) is 0 Å². The summed E-state index contributed by atoms with van der Waals surface area (Å²) < 4.78 is 17.9. The first-order chi connectivity index (χ1) is 16.5. The Kier molecular flexibility index (Phi) is 9.50. The highest BCUT2D eigenvalue weighted by molar-refractivity contribution is 6.01. The minimum Gasteiger partial charge on any atom is -0.490 e. The second-order valence-corrected chi connectivity index (χ2v) is 8.51. The van der Waals surface area contributed by atoms with Crippen molar-refractivity contribution < 1.29 is 29.2 Å². The number of Topliss-reactive ketones (excluding diaryl/α,β-unsaturated/α-hetero) is 1. The summed E-state index contributed by atoms with van der Waals surface area (Å²) in [6.07, 6.45) is -0.763. The SMILES string of the molecule is CC(C)CC(=O)c1c(OCc2ccccc2)cc(OCc2ccccc2)cc1OC[C@@H](O)CO. The summed E-state index contributed by atoms with van der Waals surface area (Å²) in [5.74, 6) is 1.10. The molecule has 0 fully saturated rings. The van der Waals surface area contributed by atoms with Gasteiger partial charge in [-0.1, -0.05) is 74.5 Å². The Balaban J connectivity index is 1.95. The maximum atomic E-state index is 13.2. The molecule has 0 aliphatic heterocycles. The molecule has 6 heteroatoms. The van der Waals surface area contributed by atoms with Crippen LogP contribution in [0.1, 0.15) is 41.8 Å². The Morgan fingerprint density at radius 1 is 0.824 bits per heavy atom. The van der Waals surface area contributed by atoms with Crippen LogP contribution in [0.3, 0.4) is 0 Å². The van der Waals surface area contributed by atoms with Crippen molar-refractivity contribution in [2.45, 2.75) is 39.6 Å². The van der Waals surface area contributed by atoms with E-state index in [1.165, 1.54) is 0 Å². The van der Waals surface area contributed by atoms with Gasteiger partial charge in [0.25, 0.3) is 0 Å². The van der Waals surface area contributed by atoms with Crippen LogP contribution in [0.25, 0.3) is 0 Å². The first kappa shape index (κ1) is 25.3. The van der Waals surface area contributed by atoms with Crippen LogP contribution < -0.4 is 14.2 Å². The summed E-state index contributed by atoms with van der Waals surface area (Å²) in [5, 5.41) is 19.0. The second-order valence-electron chi connectivity index (χ2n) is 8.51. The third-order valence-electron chi connectivity index (χ3n) is 5.04. The van der Waals surface area contributed by atoms with Crippen LogP contribution >= 0.6 is 0 Å². The number of hydrogen-bond acceptors (Lipinski definition) is 6. The van der Waals surface area contributed by atoms with Gasteiger partial charge in [0.05, 0.1) is 6.61 Å². The molecular formula is C28H32O6. The molecule has 0 radical (unpaired) electrons. The number of carbonyl (C=O) groups excluding carboxylic acids is 1. The van der Waals surface area contributed by atoms with E-state index in [4.69, 9.17) is 14.2 Å². The zero-order valence-electron chi connectivity index (χ0n) is 19.6. The predicted molar refractivity (Wildman–Crippen MR) is 130 cm³/mol. The molecular weight excluding hydrogens is 432 g/mol. The van der Waals surface area contributed by atoms with Crippen molar-refractivity contribution >= 4 is 5.78 Å². The predicted octanol–water partition coefficient (Wildman–Crippen LogP) is 4.81. The van der Waals surface area contributed by atoms with E-state index >= 15 is 0 Å². The van der Waals surface area contributed by atoms with Crippen molar-refractivity contribution in [1.29, 1.82) is 0 Å². The van der Waals surface area contributed by atoms with E-state index in [9.17, 15) is 15.0 Å². The average molecular weight is 465 g/mol. The smallest absolute Gasteiger partial charge is 0.170 e. The molecule has 34 heavy (non-hydrogen) atoms. The molecule has 6 nitrogen and oxygen atoms in total. The molecule has 2 N–H and O–H groups in total. The lowest BCUT2D eigenvalue weighted by Crippen LogP contribution is -2.22. The summed E-state index contributed by atoms with van der Waals surface area (Å²) in [4.78, 5) is 13.2. The molecule has 0 aliphatic rings. The quantitative estimate of drug-likeness (QED) is 0.353. The molecule has 3 aromatic carbocycles. The molecule has 0 saturated carbocycles. The number of ether oxygens (including phenoxy) is 3. The van der Waals surface area contributed by atoms with Crippen LogP contribution in [0.4, 0.5) is 0 Å². The number of carbonyl (C=O) groups is 1. The zero-order valence-corrected chi connectivity index (χ0v) is 19.6. The van der Waals surface area contributed by atoms with E-state index in [1.54, 1.807) is 12.1 Å². The van der Waals surface area contributed by atoms with Gasteiger partial charge < -0.3 is 24.4 Å². The fraction of sp³-hybridized carbons (Fsp3) is 0.321. The largest absolute Gasteiger partial charge is 0.490 e. The molecule has 1 atom stereocenters.